The molecule has 0 spiro atoms. The van der Waals surface area contributed by atoms with E-state index in [-0.39, 0.29) is 5.56 Å². The van der Waals surface area contributed by atoms with E-state index in [2.05, 4.69) is 20.9 Å². The molecule has 21 heavy (non-hydrogen) atoms. The Morgan fingerprint density at radius 3 is 2.86 bits per heavy atom. The summed E-state index contributed by atoms with van der Waals surface area (Å²) in [6.07, 6.45) is 1.20. The monoisotopic (exact) mass is 383 g/mol. The number of halogens is 2. The Morgan fingerprint density at radius 2 is 2.19 bits per heavy atom. The standard InChI is InChI=1S/C14H7BrClNO3S/c15-8-1-2-9(10(16)4-8)13-17-11(6-21-13)12-3-7(5-20-12)14(18)19/h1-6H,(H,18,19). The fraction of sp³-hybridized carbons (Fsp3) is 0. The minimum Gasteiger partial charge on any atom is -0.478 e. The van der Waals surface area contributed by atoms with E-state index >= 15 is 0 Å². The predicted octanol–water partition coefficient (Wildman–Crippen LogP) is 5.18. The van der Waals surface area contributed by atoms with Gasteiger partial charge >= 0.3 is 5.97 Å². The second-order valence-electron chi connectivity index (χ2n) is 4.17. The molecule has 1 N–H and O–H groups in total. The van der Waals surface area contributed by atoms with Crippen molar-refractivity contribution in [1.29, 1.82) is 0 Å². The summed E-state index contributed by atoms with van der Waals surface area (Å²) in [5.74, 6) is -0.612. The molecule has 0 aliphatic rings. The molecule has 0 amide bonds. The molecular weight excluding hydrogens is 378 g/mol. The highest BCUT2D eigenvalue weighted by atomic mass is 79.9. The van der Waals surface area contributed by atoms with Gasteiger partial charge in [0, 0.05) is 21.5 Å². The van der Waals surface area contributed by atoms with Crippen molar-refractivity contribution in [3.8, 4) is 22.0 Å². The highest BCUT2D eigenvalue weighted by molar-refractivity contribution is 9.10. The van der Waals surface area contributed by atoms with Crippen LogP contribution >= 0.6 is 38.9 Å². The van der Waals surface area contributed by atoms with Crippen LogP contribution in [0, 0.1) is 0 Å². The van der Waals surface area contributed by atoms with Gasteiger partial charge in [0.25, 0.3) is 0 Å². The first-order valence-corrected chi connectivity index (χ1v) is 7.83. The Bertz CT molecular complexity index is 827. The molecule has 2 heterocycles. The maximum atomic E-state index is 10.8. The van der Waals surface area contributed by atoms with Crippen molar-refractivity contribution < 1.29 is 14.3 Å². The van der Waals surface area contributed by atoms with Crippen LogP contribution in [0.5, 0.6) is 0 Å². The summed E-state index contributed by atoms with van der Waals surface area (Å²) in [7, 11) is 0. The van der Waals surface area contributed by atoms with Gasteiger partial charge in [-0.3, -0.25) is 0 Å². The molecule has 0 fully saturated rings. The van der Waals surface area contributed by atoms with Crippen molar-refractivity contribution in [2.75, 3.05) is 0 Å². The quantitative estimate of drug-likeness (QED) is 0.675. The summed E-state index contributed by atoms with van der Waals surface area (Å²) in [6.45, 7) is 0. The largest absolute Gasteiger partial charge is 0.478 e. The lowest BCUT2D eigenvalue weighted by Crippen LogP contribution is -1.91. The van der Waals surface area contributed by atoms with Crippen LogP contribution < -0.4 is 0 Å². The third-order valence-electron chi connectivity index (χ3n) is 2.76. The summed E-state index contributed by atoms with van der Waals surface area (Å²) in [4.78, 5) is 15.3. The topological polar surface area (TPSA) is 63.3 Å². The van der Waals surface area contributed by atoms with E-state index in [0.717, 1.165) is 15.0 Å². The first-order chi connectivity index (χ1) is 10.0. The van der Waals surface area contributed by atoms with Gasteiger partial charge in [-0.15, -0.1) is 11.3 Å². The number of aromatic nitrogens is 1. The van der Waals surface area contributed by atoms with Gasteiger partial charge in [0.15, 0.2) is 5.76 Å². The minimum absolute atomic E-state index is 0.0984. The lowest BCUT2D eigenvalue weighted by Gasteiger charge is -2.00. The summed E-state index contributed by atoms with van der Waals surface area (Å²) < 4.78 is 6.13. The smallest absolute Gasteiger partial charge is 0.338 e. The van der Waals surface area contributed by atoms with Crippen molar-refractivity contribution in [3.63, 3.8) is 0 Å². The number of carbonyl (C=O) groups is 1. The van der Waals surface area contributed by atoms with E-state index in [4.69, 9.17) is 21.1 Å². The van der Waals surface area contributed by atoms with Crippen molar-refractivity contribution in [2.45, 2.75) is 0 Å². The van der Waals surface area contributed by atoms with E-state index < -0.39 is 5.97 Å². The van der Waals surface area contributed by atoms with Crippen LogP contribution in [0.1, 0.15) is 10.4 Å². The molecule has 0 atom stereocenters. The van der Waals surface area contributed by atoms with E-state index in [1.807, 2.05) is 12.1 Å². The number of nitrogens with zero attached hydrogens (tertiary/aromatic N) is 1. The van der Waals surface area contributed by atoms with Crippen LogP contribution in [0.3, 0.4) is 0 Å². The number of aromatic carboxylic acids is 1. The predicted molar refractivity (Wildman–Crippen MR) is 84.9 cm³/mol. The molecule has 0 aliphatic carbocycles. The van der Waals surface area contributed by atoms with Gasteiger partial charge in [0.2, 0.25) is 0 Å². The first kappa shape index (κ1) is 14.3. The molecule has 3 rings (SSSR count). The van der Waals surface area contributed by atoms with Crippen LogP contribution in [0.2, 0.25) is 5.02 Å². The Hall–Kier alpha value is -1.63. The van der Waals surface area contributed by atoms with E-state index in [1.54, 1.807) is 11.4 Å². The molecule has 0 saturated carbocycles. The molecule has 0 saturated heterocycles. The third kappa shape index (κ3) is 2.88. The number of hydrogen-bond donors (Lipinski definition) is 1. The van der Waals surface area contributed by atoms with E-state index in [1.165, 1.54) is 23.7 Å². The number of carboxylic acids is 1. The number of furan rings is 1. The second kappa shape index (κ2) is 5.63. The van der Waals surface area contributed by atoms with Gasteiger partial charge in [-0.25, -0.2) is 9.78 Å². The average Bonchev–Trinajstić information content (AvgIpc) is 3.07. The van der Waals surface area contributed by atoms with E-state index in [0.29, 0.717) is 16.5 Å². The normalized spacial score (nSPS) is 10.8. The van der Waals surface area contributed by atoms with Gasteiger partial charge in [0.1, 0.15) is 17.0 Å². The number of hydrogen-bond acceptors (Lipinski definition) is 4. The van der Waals surface area contributed by atoms with Crippen molar-refractivity contribution in [2.24, 2.45) is 0 Å². The summed E-state index contributed by atoms with van der Waals surface area (Å²) in [5, 5.41) is 12.0. The molecular formula is C14H7BrClNO3S. The SMILES string of the molecule is O=C(O)c1coc(-c2csc(-c3ccc(Br)cc3Cl)n2)c1. The van der Waals surface area contributed by atoms with Crippen LogP contribution in [0.4, 0.5) is 0 Å². The zero-order chi connectivity index (χ0) is 15.0. The van der Waals surface area contributed by atoms with Crippen LogP contribution in [-0.4, -0.2) is 16.1 Å². The van der Waals surface area contributed by atoms with Crippen LogP contribution in [0.25, 0.3) is 22.0 Å². The summed E-state index contributed by atoms with van der Waals surface area (Å²) in [5.41, 5.74) is 1.50. The Morgan fingerprint density at radius 1 is 1.38 bits per heavy atom. The molecule has 7 heteroatoms. The third-order valence-corrected chi connectivity index (χ3v) is 4.45. The second-order valence-corrected chi connectivity index (χ2v) is 6.35. The fourth-order valence-corrected chi connectivity index (χ4v) is 3.42. The minimum atomic E-state index is -1.03. The van der Waals surface area contributed by atoms with Gasteiger partial charge in [-0.1, -0.05) is 27.5 Å². The molecule has 0 aliphatic heterocycles. The highest BCUT2D eigenvalue weighted by Gasteiger charge is 2.14. The zero-order valence-corrected chi connectivity index (χ0v) is 13.5. The fourth-order valence-electron chi connectivity index (χ4n) is 1.76. The number of thiazole rings is 1. The number of benzene rings is 1. The van der Waals surface area contributed by atoms with Gasteiger partial charge < -0.3 is 9.52 Å². The molecule has 0 unspecified atom stereocenters. The van der Waals surface area contributed by atoms with E-state index in [9.17, 15) is 4.79 Å². The van der Waals surface area contributed by atoms with Crippen molar-refractivity contribution in [3.05, 3.63) is 51.0 Å². The summed E-state index contributed by atoms with van der Waals surface area (Å²) >= 11 is 11.0. The Labute approximate surface area is 137 Å². The van der Waals surface area contributed by atoms with Crippen LogP contribution in [-0.2, 0) is 0 Å². The van der Waals surface area contributed by atoms with Crippen molar-refractivity contribution in [1.82, 2.24) is 4.98 Å². The lowest BCUT2D eigenvalue weighted by molar-refractivity contribution is 0.0696. The Kier molecular flexibility index (Phi) is 3.84. The molecule has 0 radical (unpaired) electrons. The molecule has 3 aromatic rings. The lowest BCUT2D eigenvalue weighted by atomic mass is 10.2. The maximum Gasteiger partial charge on any atom is 0.338 e. The summed E-state index contributed by atoms with van der Waals surface area (Å²) in [6, 6.07) is 7.01. The Balaban J connectivity index is 1.97. The highest BCUT2D eigenvalue weighted by Crippen LogP contribution is 2.35. The molecule has 0 bridgehead atoms. The molecule has 4 nitrogen and oxygen atoms in total. The number of carboxylic acid groups (broad SMARTS) is 1. The maximum absolute atomic E-state index is 10.8. The zero-order valence-electron chi connectivity index (χ0n) is 10.3. The van der Waals surface area contributed by atoms with Gasteiger partial charge in [-0.05, 0) is 18.2 Å². The van der Waals surface area contributed by atoms with Crippen molar-refractivity contribution >= 4 is 44.8 Å². The molecule has 1 aromatic carbocycles. The molecule has 106 valence electrons. The first-order valence-electron chi connectivity index (χ1n) is 5.78. The van der Waals surface area contributed by atoms with Gasteiger partial charge in [-0.2, -0.15) is 0 Å². The average molecular weight is 385 g/mol. The van der Waals surface area contributed by atoms with Gasteiger partial charge in [0.05, 0.1) is 10.6 Å². The molecule has 2 aromatic heterocycles. The number of rotatable bonds is 3. The van der Waals surface area contributed by atoms with Crippen LogP contribution in [0.15, 0.2) is 44.8 Å².